The van der Waals surface area contributed by atoms with E-state index in [4.69, 9.17) is 4.74 Å². The zero-order chi connectivity index (χ0) is 17.2. The third-order valence-corrected chi connectivity index (χ3v) is 5.09. The molecule has 24 heavy (non-hydrogen) atoms. The Morgan fingerprint density at radius 3 is 2.62 bits per heavy atom. The summed E-state index contributed by atoms with van der Waals surface area (Å²) in [5.74, 6) is -0.207. The smallest absolute Gasteiger partial charge is 0.123 e. The van der Waals surface area contributed by atoms with Crippen LogP contribution in [-0.4, -0.2) is 25.0 Å². The summed E-state index contributed by atoms with van der Waals surface area (Å²) in [7, 11) is 2.14. The van der Waals surface area contributed by atoms with Crippen molar-refractivity contribution in [2.45, 2.75) is 38.9 Å². The second-order valence-corrected chi connectivity index (χ2v) is 6.78. The lowest BCUT2D eigenvalue weighted by atomic mass is 9.81. The lowest BCUT2D eigenvalue weighted by molar-refractivity contribution is -0.0142. The van der Waals surface area contributed by atoms with E-state index in [1.54, 1.807) is 0 Å². The topological polar surface area (TPSA) is 12.5 Å². The van der Waals surface area contributed by atoms with E-state index in [2.05, 4.69) is 44.0 Å². The average molecular weight is 327 g/mol. The predicted molar refractivity (Wildman–Crippen MR) is 95.6 cm³/mol. The van der Waals surface area contributed by atoms with Crippen LogP contribution in [0.4, 0.5) is 4.39 Å². The van der Waals surface area contributed by atoms with Crippen molar-refractivity contribution in [3.63, 3.8) is 0 Å². The minimum atomic E-state index is -0.453. The van der Waals surface area contributed by atoms with Gasteiger partial charge in [0.15, 0.2) is 0 Å². The largest absolute Gasteiger partial charge is 0.361 e. The Kier molecular flexibility index (Phi) is 5.02. The van der Waals surface area contributed by atoms with E-state index >= 15 is 0 Å². The highest BCUT2D eigenvalue weighted by molar-refractivity contribution is 5.45. The first-order valence-corrected chi connectivity index (χ1v) is 8.74. The van der Waals surface area contributed by atoms with E-state index in [0.29, 0.717) is 6.61 Å². The molecule has 2 aromatic rings. The summed E-state index contributed by atoms with van der Waals surface area (Å²) < 4.78 is 19.8. The molecule has 2 nitrogen and oxygen atoms in total. The van der Waals surface area contributed by atoms with Gasteiger partial charge in [-0.05, 0) is 68.7 Å². The van der Waals surface area contributed by atoms with Crippen molar-refractivity contribution in [2.75, 3.05) is 20.1 Å². The summed E-state index contributed by atoms with van der Waals surface area (Å²) in [6.07, 6.45) is 1.94. The van der Waals surface area contributed by atoms with Gasteiger partial charge in [-0.1, -0.05) is 42.8 Å². The molecular weight excluding hydrogens is 301 g/mol. The van der Waals surface area contributed by atoms with Crippen LogP contribution in [-0.2, 0) is 16.9 Å². The van der Waals surface area contributed by atoms with Gasteiger partial charge in [-0.2, -0.15) is 0 Å². The van der Waals surface area contributed by atoms with Crippen LogP contribution in [0.2, 0.25) is 0 Å². The molecular formula is C21H26FNO. The molecule has 1 heterocycles. The molecule has 0 aromatic heterocycles. The number of fused-ring (bicyclic) bond motifs is 1. The molecule has 3 rings (SSSR count). The van der Waals surface area contributed by atoms with Gasteiger partial charge in [-0.15, -0.1) is 0 Å². The Hall–Kier alpha value is -1.71. The summed E-state index contributed by atoms with van der Waals surface area (Å²) in [5, 5.41) is 0. The van der Waals surface area contributed by atoms with E-state index in [0.717, 1.165) is 31.5 Å². The van der Waals surface area contributed by atoms with Gasteiger partial charge >= 0.3 is 0 Å². The van der Waals surface area contributed by atoms with E-state index in [9.17, 15) is 4.39 Å². The molecule has 1 unspecified atom stereocenters. The Morgan fingerprint density at radius 1 is 1.17 bits per heavy atom. The number of nitrogens with zero attached hydrogens (tertiary/aromatic N) is 1. The summed E-state index contributed by atoms with van der Waals surface area (Å²) >= 11 is 0. The van der Waals surface area contributed by atoms with Crippen molar-refractivity contribution in [3.8, 4) is 0 Å². The number of halogens is 1. The minimum Gasteiger partial charge on any atom is -0.361 e. The first-order valence-electron chi connectivity index (χ1n) is 8.74. The number of benzene rings is 2. The van der Waals surface area contributed by atoms with Crippen LogP contribution in [0, 0.1) is 12.7 Å². The third-order valence-electron chi connectivity index (χ3n) is 5.09. The van der Waals surface area contributed by atoms with E-state index in [1.165, 1.54) is 28.8 Å². The molecule has 0 saturated heterocycles. The number of ether oxygens (including phenoxy) is 1. The van der Waals surface area contributed by atoms with Crippen LogP contribution in [0.3, 0.4) is 0 Å². The molecule has 0 amide bonds. The van der Waals surface area contributed by atoms with E-state index in [1.807, 2.05) is 12.1 Å². The quantitative estimate of drug-likeness (QED) is 0.766. The highest BCUT2D eigenvalue weighted by Gasteiger charge is 2.41. The van der Waals surface area contributed by atoms with Crippen LogP contribution in [0.25, 0.3) is 0 Å². The molecule has 2 aromatic carbocycles. The average Bonchev–Trinajstić information content (AvgIpc) is 2.94. The number of rotatable bonds is 6. The Balaban J connectivity index is 1.95. The van der Waals surface area contributed by atoms with Crippen LogP contribution >= 0.6 is 0 Å². The molecule has 0 saturated carbocycles. The van der Waals surface area contributed by atoms with E-state index in [-0.39, 0.29) is 5.82 Å². The van der Waals surface area contributed by atoms with Gasteiger partial charge in [0.2, 0.25) is 0 Å². The normalized spacial score (nSPS) is 19.7. The highest BCUT2D eigenvalue weighted by atomic mass is 19.1. The van der Waals surface area contributed by atoms with Gasteiger partial charge in [0, 0.05) is 0 Å². The second kappa shape index (κ2) is 7.04. The molecule has 1 aliphatic rings. The molecule has 0 spiro atoms. The monoisotopic (exact) mass is 327 g/mol. The van der Waals surface area contributed by atoms with Gasteiger partial charge < -0.3 is 9.64 Å². The summed E-state index contributed by atoms with van der Waals surface area (Å²) in [5.41, 5.74) is 4.33. The van der Waals surface area contributed by atoms with Crippen LogP contribution in [0.15, 0.2) is 42.5 Å². The van der Waals surface area contributed by atoms with Crippen LogP contribution < -0.4 is 0 Å². The van der Waals surface area contributed by atoms with E-state index < -0.39 is 5.60 Å². The maximum Gasteiger partial charge on any atom is 0.123 e. The van der Waals surface area contributed by atoms with Crippen molar-refractivity contribution in [2.24, 2.45) is 0 Å². The highest BCUT2D eigenvalue weighted by Crippen LogP contribution is 2.45. The lowest BCUT2D eigenvalue weighted by Crippen LogP contribution is -2.29. The second-order valence-electron chi connectivity index (χ2n) is 6.78. The van der Waals surface area contributed by atoms with Gasteiger partial charge in [0.1, 0.15) is 11.4 Å². The van der Waals surface area contributed by atoms with Gasteiger partial charge in [-0.25, -0.2) is 4.39 Å². The first kappa shape index (κ1) is 17.1. The number of aryl methyl sites for hydroxylation is 1. The standard InChI is InChI=1S/C21H26FNO/c1-4-23(3)13-5-12-21(18-7-9-19(22)10-8-18)20-11-6-16(2)14-17(20)15-24-21/h6-11,14H,4-5,12-13,15H2,1-3H3. The van der Waals surface area contributed by atoms with Gasteiger partial charge in [-0.3, -0.25) is 0 Å². The maximum absolute atomic E-state index is 13.4. The molecule has 0 radical (unpaired) electrons. The number of hydrogen-bond acceptors (Lipinski definition) is 2. The Morgan fingerprint density at radius 2 is 1.92 bits per heavy atom. The summed E-state index contributed by atoms with van der Waals surface area (Å²) in [6, 6.07) is 13.3. The fraction of sp³-hybridized carbons (Fsp3) is 0.429. The van der Waals surface area contributed by atoms with Crippen molar-refractivity contribution in [1.82, 2.24) is 4.90 Å². The Bertz CT molecular complexity index is 697. The van der Waals surface area contributed by atoms with Gasteiger partial charge in [0.05, 0.1) is 6.61 Å². The van der Waals surface area contributed by atoms with Gasteiger partial charge in [0.25, 0.3) is 0 Å². The zero-order valence-electron chi connectivity index (χ0n) is 14.8. The van der Waals surface area contributed by atoms with Crippen LogP contribution in [0.1, 0.15) is 42.0 Å². The van der Waals surface area contributed by atoms with Crippen molar-refractivity contribution in [3.05, 3.63) is 70.5 Å². The molecule has 1 aliphatic heterocycles. The molecule has 3 heteroatoms. The Labute approximate surface area is 144 Å². The maximum atomic E-state index is 13.4. The third kappa shape index (κ3) is 3.24. The molecule has 1 atom stereocenters. The molecule has 0 fully saturated rings. The fourth-order valence-electron chi connectivity index (χ4n) is 3.58. The molecule has 0 N–H and O–H groups in total. The summed E-state index contributed by atoms with van der Waals surface area (Å²) in [4.78, 5) is 2.31. The summed E-state index contributed by atoms with van der Waals surface area (Å²) in [6.45, 7) is 6.97. The lowest BCUT2D eigenvalue weighted by Gasteiger charge is -2.31. The van der Waals surface area contributed by atoms with Crippen molar-refractivity contribution >= 4 is 0 Å². The fourth-order valence-corrected chi connectivity index (χ4v) is 3.58. The van der Waals surface area contributed by atoms with Crippen LogP contribution in [0.5, 0.6) is 0 Å². The first-order chi connectivity index (χ1) is 11.5. The zero-order valence-corrected chi connectivity index (χ0v) is 14.8. The molecule has 0 bridgehead atoms. The number of hydrogen-bond donors (Lipinski definition) is 0. The van der Waals surface area contributed by atoms with Crippen molar-refractivity contribution in [1.29, 1.82) is 0 Å². The van der Waals surface area contributed by atoms with Crippen molar-refractivity contribution < 1.29 is 9.13 Å². The predicted octanol–water partition coefficient (Wildman–Crippen LogP) is 4.64. The SMILES string of the molecule is CCN(C)CCCC1(c2ccc(F)cc2)OCc2cc(C)ccc21. The molecule has 128 valence electrons. The molecule has 0 aliphatic carbocycles. The minimum absolute atomic E-state index is 0.207.